The van der Waals surface area contributed by atoms with E-state index in [2.05, 4.69) is 0 Å². The summed E-state index contributed by atoms with van der Waals surface area (Å²) in [6, 6.07) is 0. The zero-order valence-corrected chi connectivity index (χ0v) is 11.7. The standard InChI is InChI=1S/C13H18O7/c1-4-13(2,3)12(15)20-8-6-7(18-10(8)14)9-11(19-6)17-5-16-9/h6-9,11H,4-5H2,1-3H3/t6-,7-,8-,9+,11-/m0/s1. The van der Waals surface area contributed by atoms with Crippen molar-refractivity contribution in [3.05, 3.63) is 0 Å². The molecule has 0 aromatic heterocycles. The molecule has 0 unspecified atom stereocenters. The van der Waals surface area contributed by atoms with Gasteiger partial charge < -0.3 is 23.7 Å². The van der Waals surface area contributed by atoms with Gasteiger partial charge in [0.15, 0.2) is 25.3 Å². The maximum Gasteiger partial charge on any atom is 0.350 e. The fourth-order valence-corrected chi connectivity index (χ4v) is 2.39. The topological polar surface area (TPSA) is 80.3 Å². The van der Waals surface area contributed by atoms with Crippen LogP contribution in [0, 0.1) is 5.41 Å². The van der Waals surface area contributed by atoms with Crippen molar-refractivity contribution in [3.63, 3.8) is 0 Å². The summed E-state index contributed by atoms with van der Waals surface area (Å²) in [4.78, 5) is 23.9. The average molecular weight is 286 g/mol. The van der Waals surface area contributed by atoms with Crippen LogP contribution in [-0.2, 0) is 33.3 Å². The fourth-order valence-electron chi connectivity index (χ4n) is 2.39. The second-order valence-corrected chi connectivity index (χ2v) is 5.85. The quantitative estimate of drug-likeness (QED) is 0.693. The first-order valence-corrected chi connectivity index (χ1v) is 6.74. The second kappa shape index (κ2) is 4.68. The summed E-state index contributed by atoms with van der Waals surface area (Å²) in [5.74, 6) is -1.03. The van der Waals surface area contributed by atoms with Crippen molar-refractivity contribution in [3.8, 4) is 0 Å². The predicted octanol–water partition coefficient (Wildman–Crippen LogP) is 0.358. The van der Waals surface area contributed by atoms with Gasteiger partial charge in [-0.25, -0.2) is 4.79 Å². The minimum Gasteiger partial charge on any atom is -0.454 e. The number of rotatable bonds is 3. The fraction of sp³-hybridized carbons (Fsp3) is 0.846. The average Bonchev–Trinajstić information content (AvgIpc) is 3.04. The number of hydrogen-bond acceptors (Lipinski definition) is 7. The first kappa shape index (κ1) is 13.8. The number of carbonyl (C=O) groups is 2. The van der Waals surface area contributed by atoms with Gasteiger partial charge in [0, 0.05) is 0 Å². The third kappa shape index (κ3) is 2.01. The molecule has 3 fully saturated rings. The van der Waals surface area contributed by atoms with Crippen LogP contribution in [0.5, 0.6) is 0 Å². The van der Waals surface area contributed by atoms with Crippen molar-refractivity contribution in [1.82, 2.24) is 0 Å². The molecule has 0 amide bonds. The van der Waals surface area contributed by atoms with E-state index in [4.69, 9.17) is 23.7 Å². The highest BCUT2D eigenvalue weighted by Gasteiger charge is 2.62. The molecule has 5 atom stereocenters. The van der Waals surface area contributed by atoms with Gasteiger partial charge in [0.25, 0.3) is 0 Å². The third-order valence-electron chi connectivity index (χ3n) is 4.15. The Balaban J connectivity index is 1.71. The van der Waals surface area contributed by atoms with E-state index in [-0.39, 0.29) is 6.79 Å². The first-order chi connectivity index (χ1) is 9.44. The molecule has 112 valence electrons. The van der Waals surface area contributed by atoms with Crippen molar-refractivity contribution in [2.24, 2.45) is 5.41 Å². The molecule has 0 aliphatic carbocycles. The Bertz CT molecular complexity index is 432. The van der Waals surface area contributed by atoms with E-state index in [1.165, 1.54) is 0 Å². The van der Waals surface area contributed by atoms with Crippen molar-refractivity contribution < 1.29 is 33.3 Å². The Labute approximate surface area is 116 Å². The van der Waals surface area contributed by atoms with Crippen molar-refractivity contribution in [2.45, 2.75) is 57.9 Å². The molecule has 0 saturated carbocycles. The maximum atomic E-state index is 12.1. The summed E-state index contributed by atoms with van der Waals surface area (Å²) in [7, 11) is 0. The number of carbonyl (C=O) groups excluding carboxylic acids is 2. The lowest BCUT2D eigenvalue weighted by Crippen LogP contribution is -2.39. The van der Waals surface area contributed by atoms with Crippen LogP contribution in [0.25, 0.3) is 0 Å². The van der Waals surface area contributed by atoms with Crippen molar-refractivity contribution in [2.75, 3.05) is 6.79 Å². The summed E-state index contributed by atoms with van der Waals surface area (Å²) in [5.41, 5.74) is -0.653. The molecule has 0 radical (unpaired) electrons. The molecule has 0 spiro atoms. The molecule has 3 aliphatic heterocycles. The van der Waals surface area contributed by atoms with Gasteiger partial charge in [-0.2, -0.15) is 0 Å². The molecular weight excluding hydrogens is 268 g/mol. The van der Waals surface area contributed by atoms with E-state index in [0.29, 0.717) is 6.42 Å². The van der Waals surface area contributed by atoms with Crippen LogP contribution in [-0.4, -0.2) is 49.4 Å². The predicted molar refractivity (Wildman–Crippen MR) is 63.3 cm³/mol. The number of fused-ring (bicyclic) bond motifs is 3. The molecule has 20 heavy (non-hydrogen) atoms. The largest absolute Gasteiger partial charge is 0.454 e. The Morgan fingerprint density at radius 3 is 2.75 bits per heavy atom. The Kier molecular flexibility index (Phi) is 3.23. The molecule has 0 aromatic carbocycles. The molecule has 3 heterocycles. The highest BCUT2D eigenvalue weighted by atomic mass is 16.8. The van der Waals surface area contributed by atoms with Gasteiger partial charge >= 0.3 is 11.9 Å². The van der Waals surface area contributed by atoms with Gasteiger partial charge in [-0.05, 0) is 20.3 Å². The first-order valence-electron chi connectivity index (χ1n) is 6.74. The van der Waals surface area contributed by atoms with Gasteiger partial charge in [-0.3, -0.25) is 4.79 Å². The Morgan fingerprint density at radius 2 is 2.05 bits per heavy atom. The highest BCUT2D eigenvalue weighted by molar-refractivity contribution is 5.84. The van der Waals surface area contributed by atoms with E-state index < -0.39 is 48.1 Å². The number of ether oxygens (including phenoxy) is 5. The van der Waals surface area contributed by atoms with Crippen LogP contribution >= 0.6 is 0 Å². The zero-order valence-electron chi connectivity index (χ0n) is 11.7. The molecular formula is C13H18O7. The number of hydrogen-bond donors (Lipinski definition) is 0. The highest BCUT2D eigenvalue weighted by Crippen LogP contribution is 2.38. The minimum atomic E-state index is -1.05. The molecule has 0 N–H and O–H groups in total. The van der Waals surface area contributed by atoms with Crippen LogP contribution in [0.4, 0.5) is 0 Å². The monoisotopic (exact) mass is 286 g/mol. The lowest BCUT2D eigenvalue weighted by atomic mass is 9.90. The van der Waals surface area contributed by atoms with Crippen LogP contribution in [0.15, 0.2) is 0 Å². The molecule has 7 nitrogen and oxygen atoms in total. The third-order valence-corrected chi connectivity index (χ3v) is 4.15. The van der Waals surface area contributed by atoms with E-state index in [1.54, 1.807) is 13.8 Å². The lowest BCUT2D eigenvalue weighted by molar-refractivity contribution is -0.180. The molecule has 0 aromatic rings. The summed E-state index contributed by atoms with van der Waals surface area (Å²) in [6.07, 6.45) is -2.66. The van der Waals surface area contributed by atoms with Crippen LogP contribution < -0.4 is 0 Å². The van der Waals surface area contributed by atoms with Crippen LogP contribution in [0.2, 0.25) is 0 Å². The molecule has 3 aliphatic rings. The van der Waals surface area contributed by atoms with Gasteiger partial charge in [-0.1, -0.05) is 6.92 Å². The van der Waals surface area contributed by atoms with E-state index >= 15 is 0 Å². The Morgan fingerprint density at radius 1 is 1.30 bits per heavy atom. The van der Waals surface area contributed by atoms with Gasteiger partial charge in [-0.15, -0.1) is 0 Å². The van der Waals surface area contributed by atoms with Gasteiger partial charge in [0.05, 0.1) is 5.41 Å². The lowest BCUT2D eigenvalue weighted by Gasteiger charge is -2.23. The molecule has 7 heteroatoms. The van der Waals surface area contributed by atoms with Gasteiger partial charge in [0.1, 0.15) is 6.10 Å². The van der Waals surface area contributed by atoms with Gasteiger partial charge in [0.2, 0.25) is 6.10 Å². The molecule has 3 rings (SSSR count). The second-order valence-electron chi connectivity index (χ2n) is 5.85. The summed E-state index contributed by atoms with van der Waals surface area (Å²) < 4.78 is 26.6. The normalized spacial score (nSPS) is 39.4. The maximum absolute atomic E-state index is 12.1. The van der Waals surface area contributed by atoms with E-state index in [1.807, 2.05) is 6.92 Å². The van der Waals surface area contributed by atoms with Crippen molar-refractivity contribution in [1.29, 1.82) is 0 Å². The summed E-state index contributed by atoms with van der Waals surface area (Å²) in [6.45, 7) is 5.53. The van der Waals surface area contributed by atoms with E-state index in [0.717, 1.165) is 0 Å². The number of esters is 2. The summed E-state index contributed by atoms with van der Waals surface area (Å²) in [5, 5.41) is 0. The zero-order chi connectivity index (χ0) is 14.5. The van der Waals surface area contributed by atoms with E-state index in [9.17, 15) is 9.59 Å². The summed E-state index contributed by atoms with van der Waals surface area (Å²) >= 11 is 0. The molecule has 0 bridgehead atoms. The van der Waals surface area contributed by atoms with Crippen molar-refractivity contribution >= 4 is 11.9 Å². The SMILES string of the molecule is CCC(C)(C)C(=O)O[C@@H]1C(=O)O[C@@H]2[C@H]3OCO[C@H]3O[C@@H]21. The van der Waals surface area contributed by atoms with Crippen LogP contribution in [0.1, 0.15) is 27.2 Å². The molecule has 3 saturated heterocycles. The smallest absolute Gasteiger partial charge is 0.350 e. The minimum absolute atomic E-state index is 0.115. The van der Waals surface area contributed by atoms with Crippen LogP contribution in [0.3, 0.4) is 0 Å². The Hall–Kier alpha value is -1.18.